The van der Waals surface area contributed by atoms with Gasteiger partial charge < -0.3 is 10.1 Å². The van der Waals surface area contributed by atoms with Crippen LogP contribution in [0.15, 0.2) is 12.1 Å². The third kappa shape index (κ3) is 4.08. The monoisotopic (exact) mass is 340 g/mol. The lowest BCUT2D eigenvalue weighted by Crippen LogP contribution is -2.50. The molecule has 1 aromatic carbocycles. The highest BCUT2D eigenvalue weighted by molar-refractivity contribution is 5.94. The number of hydrogen-bond donors (Lipinski definition) is 1. The summed E-state index contributed by atoms with van der Waals surface area (Å²) in [5.74, 6) is -2.07. The zero-order valence-electron chi connectivity index (χ0n) is 14.3. The normalized spacial score (nSPS) is 18.4. The van der Waals surface area contributed by atoms with Gasteiger partial charge in [-0.1, -0.05) is 0 Å². The minimum atomic E-state index is -0.798. The molecule has 0 saturated carbocycles. The van der Waals surface area contributed by atoms with Crippen LogP contribution < -0.4 is 5.32 Å². The Hall–Kier alpha value is -2.02. The minimum absolute atomic E-state index is 0.0237. The smallest absolute Gasteiger partial charge is 0.410 e. The molecule has 24 heavy (non-hydrogen) atoms. The number of carbonyl (C=O) groups excluding carboxylic acids is 2. The van der Waals surface area contributed by atoms with Crippen molar-refractivity contribution < 1.29 is 23.1 Å². The van der Waals surface area contributed by atoms with Crippen molar-refractivity contribution in [1.82, 2.24) is 10.2 Å². The first-order valence-corrected chi connectivity index (χ1v) is 7.80. The van der Waals surface area contributed by atoms with Gasteiger partial charge in [-0.05, 0) is 39.8 Å². The molecule has 1 aromatic rings. The second-order valence-electron chi connectivity index (χ2n) is 6.80. The number of carbonyl (C=O) groups is 2. The third-order valence-corrected chi connectivity index (χ3v) is 3.70. The van der Waals surface area contributed by atoms with E-state index in [9.17, 15) is 18.4 Å². The van der Waals surface area contributed by atoms with Crippen molar-refractivity contribution in [3.05, 3.63) is 34.9 Å². The third-order valence-electron chi connectivity index (χ3n) is 3.70. The highest BCUT2D eigenvalue weighted by Gasteiger charge is 2.33. The lowest BCUT2D eigenvalue weighted by Gasteiger charge is -2.37. The molecule has 1 aliphatic heterocycles. The van der Waals surface area contributed by atoms with E-state index in [0.717, 1.165) is 12.1 Å². The summed E-state index contributed by atoms with van der Waals surface area (Å²) in [7, 11) is 0. The first kappa shape index (κ1) is 18.3. The number of Topliss-reactive ketones (excluding diaryl/α,β-unsaturated/α-hetero) is 1. The van der Waals surface area contributed by atoms with E-state index in [1.807, 2.05) is 0 Å². The molecular weight excluding hydrogens is 318 g/mol. The molecule has 0 bridgehead atoms. The number of nitrogens with zero attached hydrogens (tertiary/aromatic N) is 1. The fourth-order valence-electron chi connectivity index (χ4n) is 2.61. The number of nitrogens with one attached hydrogen (secondary N) is 1. The molecule has 132 valence electrons. The molecule has 0 aliphatic carbocycles. The van der Waals surface area contributed by atoms with Gasteiger partial charge in [-0.15, -0.1) is 0 Å². The summed E-state index contributed by atoms with van der Waals surface area (Å²) in [6.45, 7) is 7.51. The van der Waals surface area contributed by atoms with Crippen molar-refractivity contribution in [3.8, 4) is 0 Å². The molecule has 2 rings (SSSR count). The van der Waals surface area contributed by atoms with Gasteiger partial charge >= 0.3 is 6.09 Å². The van der Waals surface area contributed by atoms with Crippen LogP contribution in [-0.2, 0) is 4.74 Å². The Morgan fingerprint density at radius 3 is 2.50 bits per heavy atom. The fraction of sp³-hybridized carbons (Fsp3) is 0.529. The quantitative estimate of drug-likeness (QED) is 0.841. The van der Waals surface area contributed by atoms with Gasteiger partial charge in [0.05, 0.1) is 11.6 Å². The Morgan fingerprint density at radius 2 is 1.92 bits per heavy atom. The van der Waals surface area contributed by atoms with Crippen LogP contribution in [0.5, 0.6) is 0 Å². The molecule has 0 aromatic heterocycles. The topological polar surface area (TPSA) is 58.6 Å². The van der Waals surface area contributed by atoms with Crippen molar-refractivity contribution in [1.29, 1.82) is 0 Å². The number of rotatable bonds is 2. The van der Waals surface area contributed by atoms with Crippen LogP contribution in [-0.4, -0.2) is 42.0 Å². The molecule has 1 fully saturated rings. The van der Waals surface area contributed by atoms with Gasteiger partial charge in [0.2, 0.25) is 0 Å². The molecule has 1 atom stereocenters. The van der Waals surface area contributed by atoms with E-state index in [0.29, 0.717) is 13.1 Å². The molecule has 1 heterocycles. The number of ketones is 1. The summed E-state index contributed by atoms with van der Waals surface area (Å²) in [5, 5.41) is 3.06. The van der Waals surface area contributed by atoms with Crippen LogP contribution in [0.4, 0.5) is 13.6 Å². The van der Waals surface area contributed by atoms with E-state index >= 15 is 0 Å². The maximum Gasteiger partial charge on any atom is 0.410 e. The van der Waals surface area contributed by atoms with Crippen molar-refractivity contribution in [2.24, 2.45) is 0 Å². The molecular formula is C17H22F2N2O3. The van der Waals surface area contributed by atoms with Crippen LogP contribution in [0.3, 0.4) is 0 Å². The molecule has 1 unspecified atom stereocenters. The van der Waals surface area contributed by atoms with Crippen LogP contribution in [0, 0.1) is 11.6 Å². The number of halogens is 2. The van der Waals surface area contributed by atoms with E-state index in [1.54, 1.807) is 20.8 Å². The summed E-state index contributed by atoms with van der Waals surface area (Å²) in [6.07, 6.45) is -0.579. The Morgan fingerprint density at radius 1 is 1.25 bits per heavy atom. The number of piperazine rings is 1. The average molecular weight is 340 g/mol. The molecule has 1 aliphatic rings. The maximum absolute atomic E-state index is 14.4. The highest BCUT2D eigenvalue weighted by Crippen LogP contribution is 2.28. The van der Waals surface area contributed by atoms with E-state index in [-0.39, 0.29) is 17.7 Å². The minimum Gasteiger partial charge on any atom is -0.444 e. The summed E-state index contributed by atoms with van der Waals surface area (Å²) < 4.78 is 33.9. The Bertz CT molecular complexity index is 656. The van der Waals surface area contributed by atoms with Gasteiger partial charge in [0.15, 0.2) is 5.78 Å². The summed E-state index contributed by atoms with van der Waals surface area (Å²) in [6, 6.07) is 1.17. The summed E-state index contributed by atoms with van der Waals surface area (Å²) in [4.78, 5) is 25.1. The largest absolute Gasteiger partial charge is 0.444 e. The standard InChI is InChI=1S/C17H22F2N2O3/c1-10(22)11-7-14(19)12(8-13(11)18)15-9-20-5-6-21(15)16(23)24-17(2,3)4/h7-8,15,20H,5-6,9H2,1-4H3. The molecule has 1 N–H and O–H groups in total. The Labute approximate surface area is 140 Å². The highest BCUT2D eigenvalue weighted by atomic mass is 19.1. The van der Waals surface area contributed by atoms with E-state index in [4.69, 9.17) is 4.74 Å². The first-order valence-electron chi connectivity index (χ1n) is 7.80. The van der Waals surface area contributed by atoms with Gasteiger partial charge in [0.25, 0.3) is 0 Å². The van der Waals surface area contributed by atoms with Crippen LogP contribution in [0.2, 0.25) is 0 Å². The predicted molar refractivity (Wildman–Crippen MR) is 84.9 cm³/mol. The maximum atomic E-state index is 14.4. The summed E-state index contributed by atoms with van der Waals surface area (Å²) in [5.41, 5.74) is -0.964. The Balaban J connectivity index is 2.35. The molecule has 1 amide bonds. The van der Waals surface area contributed by atoms with Crippen LogP contribution in [0.1, 0.15) is 49.7 Å². The zero-order valence-corrected chi connectivity index (χ0v) is 14.3. The van der Waals surface area contributed by atoms with Crippen LogP contribution in [0.25, 0.3) is 0 Å². The molecule has 1 saturated heterocycles. The SMILES string of the molecule is CC(=O)c1cc(F)c(C2CNCCN2C(=O)OC(C)(C)C)cc1F. The van der Waals surface area contributed by atoms with Crippen molar-refractivity contribution >= 4 is 11.9 Å². The number of ether oxygens (including phenoxy) is 1. The number of benzene rings is 1. The van der Waals surface area contributed by atoms with E-state index in [2.05, 4.69) is 5.32 Å². The van der Waals surface area contributed by atoms with Gasteiger partial charge in [-0.3, -0.25) is 9.69 Å². The van der Waals surface area contributed by atoms with Gasteiger partial charge in [0.1, 0.15) is 17.2 Å². The second kappa shape index (κ2) is 6.84. The van der Waals surface area contributed by atoms with Crippen molar-refractivity contribution in [2.45, 2.75) is 39.3 Å². The summed E-state index contributed by atoms with van der Waals surface area (Å²) >= 11 is 0. The second-order valence-corrected chi connectivity index (χ2v) is 6.80. The van der Waals surface area contributed by atoms with Crippen molar-refractivity contribution in [2.75, 3.05) is 19.6 Å². The first-order chi connectivity index (χ1) is 11.1. The number of hydrogen-bond acceptors (Lipinski definition) is 4. The fourth-order valence-corrected chi connectivity index (χ4v) is 2.61. The molecule has 0 radical (unpaired) electrons. The van der Waals surface area contributed by atoms with Gasteiger partial charge in [-0.25, -0.2) is 13.6 Å². The van der Waals surface area contributed by atoms with Gasteiger partial charge in [0, 0.05) is 25.2 Å². The average Bonchev–Trinajstić information content (AvgIpc) is 2.47. The van der Waals surface area contributed by atoms with E-state index < -0.39 is 35.2 Å². The lowest BCUT2D eigenvalue weighted by molar-refractivity contribution is 0.0114. The predicted octanol–water partition coefficient (Wildman–Crippen LogP) is 3.05. The van der Waals surface area contributed by atoms with Crippen LogP contribution >= 0.6 is 0 Å². The van der Waals surface area contributed by atoms with Gasteiger partial charge in [-0.2, -0.15) is 0 Å². The van der Waals surface area contributed by atoms with Crippen molar-refractivity contribution in [3.63, 3.8) is 0 Å². The molecule has 7 heteroatoms. The lowest BCUT2D eigenvalue weighted by atomic mass is 9.99. The molecule has 5 nitrogen and oxygen atoms in total. The molecule has 0 spiro atoms. The Kier molecular flexibility index (Phi) is 5.22. The van der Waals surface area contributed by atoms with E-state index in [1.165, 1.54) is 11.8 Å². The zero-order chi connectivity index (χ0) is 18.1. The number of amides is 1.